The van der Waals surface area contributed by atoms with Crippen LogP contribution >= 0.6 is 11.6 Å². The number of furan rings is 1. The summed E-state index contributed by atoms with van der Waals surface area (Å²) >= 11 is 6.08. The summed E-state index contributed by atoms with van der Waals surface area (Å²) in [6.07, 6.45) is 0.586. The number of halogens is 1. The lowest BCUT2D eigenvalue weighted by molar-refractivity contribution is -0.124. The molecule has 3 aromatic rings. The van der Waals surface area contributed by atoms with E-state index in [1.54, 1.807) is 12.1 Å². The molecule has 28 heavy (non-hydrogen) atoms. The first-order valence-corrected chi connectivity index (χ1v) is 8.77. The third-order valence-corrected chi connectivity index (χ3v) is 4.21. The van der Waals surface area contributed by atoms with E-state index in [1.807, 2.05) is 30.3 Å². The summed E-state index contributed by atoms with van der Waals surface area (Å²) < 4.78 is 10.4. The van der Waals surface area contributed by atoms with E-state index in [-0.39, 0.29) is 16.3 Å². The van der Waals surface area contributed by atoms with Crippen molar-refractivity contribution in [3.63, 3.8) is 0 Å². The van der Waals surface area contributed by atoms with Crippen LogP contribution in [0, 0.1) is 0 Å². The van der Waals surface area contributed by atoms with E-state index >= 15 is 0 Å². The molecule has 0 atom stereocenters. The molecule has 1 amide bonds. The van der Waals surface area contributed by atoms with Gasteiger partial charge in [0.25, 0.3) is 5.91 Å². The maximum Gasteiger partial charge on any atom is 0.340 e. The molecule has 0 aliphatic heterocycles. The molecule has 1 N–H and O–H groups in total. The summed E-state index contributed by atoms with van der Waals surface area (Å²) in [6.45, 7) is -0.0900. The Labute approximate surface area is 166 Å². The topological polar surface area (TPSA) is 85.6 Å². The third-order valence-electron chi connectivity index (χ3n) is 3.88. The van der Waals surface area contributed by atoms with Gasteiger partial charge in [-0.15, -0.1) is 0 Å². The summed E-state index contributed by atoms with van der Waals surface area (Å²) in [7, 11) is 0. The van der Waals surface area contributed by atoms with Crippen molar-refractivity contribution >= 4 is 29.8 Å². The summed E-state index contributed by atoms with van der Waals surface area (Å²) in [5.41, 5.74) is 1.59. The second-order valence-corrected chi connectivity index (χ2v) is 6.26. The highest BCUT2D eigenvalue weighted by Gasteiger charge is 2.16. The molecule has 142 valence electrons. The predicted molar refractivity (Wildman–Crippen MR) is 103 cm³/mol. The zero-order valence-electron chi connectivity index (χ0n) is 14.7. The largest absolute Gasteiger partial charge is 0.453 e. The molecular formula is C21H16ClNO5. The molecule has 3 rings (SSSR count). The lowest BCUT2D eigenvalue weighted by Crippen LogP contribution is -2.28. The van der Waals surface area contributed by atoms with Gasteiger partial charge in [0, 0.05) is 12.1 Å². The lowest BCUT2D eigenvalue weighted by Gasteiger charge is -2.08. The van der Waals surface area contributed by atoms with Gasteiger partial charge in [0.1, 0.15) is 5.76 Å². The van der Waals surface area contributed by atoms with Crippen LogP contribution in [0.15, 0.2) is 65.1 Å². The van der Waals surface area contributed by atoms with Crippen molar-refractivity contribution in [3.05, 3.63) is 82.6 Å². The molecule has 0 spiro atoms. The van der Waals surface area contributed by atoms with E-state index in [0.29, 0.717) is 24.2 Å². The zero-order valence-corrected chi connectivity index (χ0v) is 15.4. The van der Waals surface area contributed by atoms with Gasteiger partial charge in [0.05, 0.1) is 10.6 Å². The molecule has 0 saturated carbocycles. The van der Waals surface area contributed by atoms with Gasteiger partial charge in [-0.05, 0) is 35.9 Å². The molecule has 0 bridgehead atoms. The number of aldehydes is 1. The minimum atomic E-state index is -0.733. The number of rotatable bonds is 7. The summed E-state index contributed by atoms with van der Waals surface area (Å²) in [5.74, 6) is -0.576. The van der Waals surface area contributed by atoms with Crippen molar-refractivity contribution < 1.29 is 23.5 Å². The van der Waals surface area contributed by atoms with E-state index in [9.17, 15) is 14.4 Å². The second kappa shape index (κ2) is 9.01. The van der Waals surface area contributed by atoms with Crippen LogP contribution in [0.5, 0.6) is 0 Å². The fourth-order valence-electron chi connectivity index (χ4n) is 2.46. The molecule has 2 aromatic carbocycles. The predicted octanol–water partition coefficient (Wildman–Crippen LogP) is 3.89. The minimum absolute atomic E-state index is 0.0964. The minimum Gasteiger partial charge on any atom is -0.453 e. The summed E-state index contributed by atoms with van der Waals surface area (Å²) in [6, 6.07) is 17.2. The number of ether oxygens (including phenoxy) is 1. The van der Waals surface area contributed by atoms with Gasteiger partial charge < -0.3 is 14.5 Å². The first-order chi connectivity index (χ1) is 13.6. The van der Waals surface area contributed by atoms with Gasteiger partial charge in [-0.2, -0.15) is 0 Å². The average Bonchev–Trinajstić information content (AvgIpc) is 3.21. The molecule has 0 unspecified atom stereocenters. The molecule has 0 aliphatic rings. The van der Waals surface area contributed by atoms with Crippen LogP contribution < -0.4 is 5.32 Å². The maximum atomic E-state index is 12.3. The van der Waals surface area contributed by atoms with E-state index in [0.717, 1.165) is 5.56 Å². The molecule has 6 nitrogen and oxygen atoms in total. The Bertz CT molecular complexity index is 997. The first kappa shape index (κ1) is 19.4. The van der Waals surface area contributed by atoms with E-state index in [4.69, 9.17) is 20.8 Å². The maximum absolute atomic E-state index is 12.3. The first-order valence-electron chi connectivity index (χ1n) is 8.39. The number of carbonyl (C=O) groups is 3. The Balaban J connectivity index is 1.61. The van der Waals surface area contributed by atoms with Crippen LogP contribution in [-0.4, -0.2) is 24.8 Å². The quantitative estimate of drug-likeness (QED) is 0.483. The van der Waals surface area contributed by atoms with Crippen LogP contribution in [0.3, 0.4) is 0 Å². The highest BCUT2D eigenvalue weighted by atomic mass is 35.5. The number of benzene rings is 2. The van der Waals surface area contributed by atoms with E-state index in [2.05, 4.69) is 5.32 Å². The van der Waals surface area contributed by atoms with Crippen molar-refractivity contribution in [1.82, 2.24) is 5.32 Å². The van der Waals surface area contributed by atoms with E-state index < -0.39 is 18.5 Å². The number of carbonyl (C=O) groups excluding carboxylic acids is 3. The normalized spacial score (nSPS) is 10.3. The van der Waals surface area contributed by atoms with Crippen LogP contribution in [0.1, 0.15) is 26.5 Å². The van der Waals surface area contributed by atoms with Gasteiger partial charge in [-0.3, -0.25) is 9.59 Å². The number of hydrogen-bond donors (Lipinski definition) is 1. The number of nitrogens with one attached hydrogen (secondary N) is 1. The molecule has 0 radical (unpaired) electrons. The van der Waals surface area contributed by atoms with Crippen molar-refractivity contribution in [2.45, 2.75) is 6.54 Å². The van der Waals surface area contributed by atoms with Crippen LogP contribution in [0.25, 0.3) is 11.3 Å². The Hall–Kier alpha value is -3.38. The Morgan fingerprint density at radius 1 is 1.07 bits per heavy atom. The van der Waals surface area contributed by atoms with Crippen molar-refractivity contribution in [3.8, 4) is 11.3 Å². The molecule has 7 heteroatoms. The van der Waals surface area contributed by atoms with Gasteiger partial charge in [-0.25, -0.2) is 4.79 Å². The fraction of sp³-hybridized carbons (Fsp3) is 0.0952. The van der Waals surface area contributed by atoms with Gasteiger partial charge in [0.2, 0.25) is 0 Å². The smallest absolute Gasteiger partial charge is 0.340 e. The summed E-state index contributed by atoms with van der Waals surface area (Å²) in [4.78, 5) is 35.0. The number of amides is 1. The third kappa shape index (κ3) is 4.86. The van der Waals surface area contributed by atoms with Crippen molar-refractivity contribution in [1.29, 1.82) is 0 Å². The average molecular weight is 398 g/mol. The van der Waals surface area contributed by atoms with Crippen molar-refractivity contribution in [2.75, 3.05) is 6.61 Å². The van der Waals surface area contributed by atoms with Gasteiger partial charge >= 0.3 is 5.97 Å². The van der Waals surface area contributed by atoms with Crippen LogP contribution in [0.4, 0.5) is 0 Å². The fourth-order valence-corrected chi connectivity index (χ4v) is 2.66. The number of hydrogen-bond acceptors (Lipinski definition) is 5. The molecular weight excluding hydrogens is 382 g/mol. The van der Waals surface area contributed by atoms with Gasteiger partial charge in [-0.1, -0.05) is 41.9 Å². The Morgan fingerprint density at radius 3 is 2.57 bits per heavy atom. The standard InChI is InChI=1S/C21H16ClNO5/c22-18-8-6-15(19-9-7-16(12-24)28-19)10-17(18)21(26)27-13-20(25)23-11-14-4-2-1-3-5-14/h1-10,12H,11,13H2,(H,23,25). The molecule has 0 saturated heterocycles. The molecule has 1 heterocycles. The lowest BCUT2D eigenvalue weighted by atomic mass is 10.1. The highest BCUT2D eigenvalue weighted by Crippen LogP contribution is 2.27. The molecule has 0 fully saturated rings. The SMILES string of the molecule is O=Cc1ccc(-c2ccc(Cl)c(C(=O)OCC(=O)NCc3ccccc3)c2)o1. The number of esters is 1. The van der Waals surface area contributed by atoms with Gasteiger partial charge in [0.15, 0.2) is 18.7 Å². The zero-order chi connectivity index (χ0) is 19.9. The van der Waals surface area contributed by atoms with Crippen LogP contribution in [-0.2, 0) is 16.1 Å². The Kier molecular flexibility index (Phi) is 6.24. The van der Waals surface area contributed by atoms with E-state index in [1.165, 1.54) is 18.2 Å². The second-order valence-electron chi connectivity index (χ2n) is 5.85. The Morgan fingerprint density at radius 2 is 1.86 bits per heavy atom. The van der Waals surface area contributed by atoms with Crippen molar-refractivity contribution in [2.24, 2.45) is 0 Å². The summed E-state index contributed by atoms with van der Waals surface area (Å²) in [5, 5.41) is 2.85. The molecule has 1 aromatic heterocycles. The monoisotopic (exact) mass is 397 g/mol. The molecule has 0 aliphatic carbocycles. The van der Waals surface area contributed by atoms with Crippen LogP contribution in [0.2, 0.25) is 5.02 Å². The highest BCUT2D eigenvalue weighted by molar-refractivity contribution is 6.33.